The van der Waals surface area contributed by atoms with Crippen LogP contribution in [0.25, 0.3) is 0 Å². The molecule has 1 aromatic heterocycles. The van der Waals surface area contributed by atoms with Crippen molar-refractivity contribution in [2.75, 3.05) is 37.6 Å². The summed E-state index contributed by atoms with van der Waals surface area (Å²) >= 11 is 0. The fourth-order valence-electron chi connectivity index (χ4n) is 4.52. The summed E-state index contributed by atoms with van der Waals surface area (Å²) in [4.78, 5) is 23.7. The number of nitrogens with zero attached hydrogens (tertiary/aromatic N) is 5. The number of amides is 1. The molecule has 3 aliphatic rings. The number of piperazine rings is 1. The van der Waals surface area contributed by atoms with E-state index in [-0.39, 0.29) is 16.8 Å². The minimum absolute atomic E-state index is 0.0614. The van der Waals surface area contributed by atoms with E-state index >= 15 is 0 Å². The van der Waals surface area contributed by atoms with Crippen molar-refractivity contribution in [1.29, 1.82) is 0 Å². The van der Waals surface area contributed by atoms with Gasteiger partial charge in [0.05, 0.1) is 0 Å². The Balaban J connectivity index is 1.32. The number of hydrogen-bond donors (Lipinski definition) is 0. The molecule has 0 bridgehead atoms. The summed E-state index contributed by atoms with van der Waals surface area (Å²) in [6.07, 6.45) is 5.11. The van der Waals surface area contributed by atoms with Crippen LogP contribution in [0.3, 0.4) is 0 Å². The van der Waals surface area contributed by atoms with Gasteiger partial charge in [-0.05, 0) is 37.1 Å². The zero-order chi connectivity index (χ0) is 20.7. The second kappa shape index (κ2) is 7.39. The lowest BCUT2D eigenvalue weighted by molar-refractivity contribution is -0.135. The zero-order valence-corrected chi connectivity index (χ0v) is 17.3. The van der Waals surface area contributed by atoms with Gasteiger partial charge in [0.1, 0.15) is 10.9 Å². The van der Waals surface area contributed by atoms with Gasteiger partial charge < -0.3 is 14.7 Å². The van der Waals surface area contributed by atoms with Crippen molar-refractivity contribution < 1.29 is 13.2 Å². The van der Waals surface area contributed by atoms with E-state index in [4.69, 9.17) is 0 Å². The normalized spacial score (nSPS) is 22.7. The predicted molar refractivity (Wildman–Crippen MR) is 113 cm³/mol. The summed E-state index contributed by atoms with van der Waals surface area (Å²) in [5, 5.41) is 0. The number of carbonyl (C=O) groups is 1. The highest BCUT2D eigenvalue weighted by Crippen LogP contribution is 2.31. The molecule has 0 unspecified atom stereocenters. The van der Waals surface area contributed by atoms with Crippen LogP contribution in [0.15, 0.2) is 58.1 Å². The van der Waals surface area contributed by atoms with Crippen molar-refractivity contribution in [3.05, 3.63) is 54.4 Å². The third kappa shape index (κ3) is 3.23. The molecule has 8 nitrogen and oxygen atoms in total. The number of pyridine rings is 1. The number of aromatic nitrogens is 1. The first-order valence-electron chi connectivity index (χ1n) is 10.2. The molecule has 0 radical (unpaired) electrons. The van der Waals surface area contributed by atoms with E-state index in [1.165, 1.54) is 0 Å². The molecule has 30 heavy (non-hydrogen) atoms. The van der Waals surface area contributed by atoms with Crippen molar-refractivity contribution in [2.24, 2.45) is 4.40 Å². The van der Waals surface area contributed by atoms with Crippen LogP contribution in [0.1, 0.15) is 18.4 Å². The zero-order valence-electron chi connectivity index (χ0n) is 16.5. The Kier molecular flexibility index (Phi) is 4.69. The molecule has 1 aromatic carbocycles. The smallest absolute Gasteiger partial charge is 0.285 e. The third-order valence-electron chi connectivity index (χ3n) is 6.04. The maximum Gasteiger partial charge on any atom is 0.285 e. The molecule has 0 spiro atoms. The molecule has 156 valence electrons. The van der Waals surface area contributed by atoms with E-state index in [2.05, 4.69) is 14.3 Å². The molecule has 2 aromatic rings. The molecule has 1 amide bonds. The van der Waals surface area contributed by atoms with Crippen LogP contribution in [0.4, 0.5) is 5.69 Å². The number of anilines is 1. The number of amidine groups is 1. The van der Waals surface area contributed by atoms with E-state index in [0.29, 0.717) is 37.5 Å². The van der Waals surface area contributed by atoms with Crippen molar-refractivity contribution in [3.8, 4) is 0 Å². The SMILES string of the molecule is O=C([C@@H]1CCCN1C1=NS(=O)(=O)c2ccccc21)N1CCN(c2ccncc2)CC1. The Morgan fingerprint density at radius 1 is 0.967 bits per heavy atom. The maximum absolute atomic E-state index is 13.3. The van der Waals surface area contributed by atoms with Gasteiger partial charge in [-0.2, -0.15) is 8.42 Å². The molecule has 1 atom stereocenters. The summed E-state index contributed by atoms with van der Waals surface area (Å²) in [5.41, 5.74) is 1.71. The number of likely N-dealkylation sites (tertiary alicyclic amines) is 1. The third-order valence-corrected chi connectivity index (χ3v) is 7.37. The van der Waals surface area contributed by atoms with E-state index in [1.54, 1.807) is 36.7 Å². The highest BCUT2D eigenvalue weighted by atomic mass is 32.2. The molecule has 2 fully saturated rings. The summed E-state index contributed by atoms with van der Waals surface area (Å²) in [6.45, 7) is 3.46. The van der Waals surface area contributed by atoms with Gasteiger partial charge >= 0.3 is 0 Å². The number of sulfonamides is 1. The molecule has 2 saturated heterocycles. The lowest BCUT2D eigenvalue weighted by Gasteiger charge is -2.38. The Bertz CT molecular complexity index is 1090. The fourth-order valence-corrected chi connectivity index (χ4v) is 5.74. The number of hydrogen-bond acceptors (Lipinski definition) is 6. The first-order chi connectivity index (χ1) is 14.5. The van der Waals surface area contributed by atoms with Gasteiger partial charge in [0.25, 0.3) is 10.0 Å². The molecule has 3 aliphatic heterocycles. The molecule has 4 heterocycles. The van der Waals surface area contributed by atoms with Crippen molar-refractivity contribution >= 4 is 27.5 Å². The van der Waals surface area contributed by atoms with Gasteiger partial charge in [0, 0.05) is 56.4 Å². The van der Waals surface area contributed by atoms with Crippen LogP contribution < -0.4 is 4.90 Å². The summed E-state index contributed by atoms with van der Waals surface area (Å²) in [6, 6.07) is 10.4. The average Bonchev–Trinajstić information content (AvgIpc) is 3.37. The number of fused-ring (bicyclic) bond motifs is 1. The quantitative estimate of drug-likeness (QED) is 0.722. The average molecular weight is 426 g/mol. The van der Waals surface area contributed by atoms with Crippen molar-refractivity contribution in [1.82, 2.24) is 14.8 Å². The number of rotatable bonds is 2. The Morgan fingerprint density at radius 2 is 1.70 bits per heavy atom. The number of benzene rings is 1. The minimum atomic E-state index is -3.69. The van der Waals surface area contributed by atoms with Gasteiger partial charge in [-0.25, -0.2) is 0 Å². The Morgan fingerprint density at radius 3 is 2.47 bits per heavy atom. The second-order valence-corrected chi connectivity index (χ2v) is 9.33. The van der Waals surface area contributed by atoms with Crippen LogP contribution >= 0.6 is 0 Å². The standard InChI is InChI=1S/C21H23N5O3S/c27-21(25-14-12-24(13-15-25)16-7-9-22-10-8-16)18-5-3-11-26(18)20-17-4-1-2-6-19(17)30(28,29)23-20/h1-2,4,6-10,18H,3,5,11-15H2/t18-/m0/s1. The Labute approximate surface area is 175 Å². The topological polar surface area (TPSA) is 86.2 Å². The lowest BCUT2D eigenvalue weighted by Crippen LogP contribution is -2.54. The molecular formula is C21H23N5O3S. The van der Waals surface area contributed by atoms with Crippen LogP contribution in [0.5, 0.6) is 0 Å². The van der Waals surface area contributed by atoms with E-state index in [9.17, 15) is 13.2 Å². The molecule has 5 rings (SSSR count). The summed E-state index contributed by atoms with van der Waals surface area (Å²) < 4.78 is 28.9. The van der Waals surface area contributed by atoms with Gasteiger partial charge in [0.15, 0.2) is 5.84 Å². The molecule has 0 saturated carbocycles. The first kappa shape index (κ1) is 19.0. The molecule has 0 aliphatic carbocycles. The van der Waals surface area contributed by atoms with E-state index < -0.39 is 10.0 Å². The van der Waals surface area contributed by atoms with E-state index in [0.717, 1.165) is 25.2 Å². The first-order valence-corrected chi connectivity index (χ1v) is 11.6. The molecular weight excluding hydrogens is 402 g/mol. The van der Waals surface area contributed by atoms with Crippen LogP contribution in [-0.4, -0.2) is 73.7 Å². The van der Waals surface area contributed by atoms with Crippen LogP contribution in [0, 0.1) is 0 Å². The van der Waals surface area contributed by atoms with Gasteiger partial charge in [0.2, 0.25) is 5.91 Å². The number of carbonyl (C=O) groups excluding carboxylic acids is 1. The maximum atomic E-state index is 13.3. The fraction of sp³-hybridized carbons (Fsp3) is 0.381. The summed E-state index contributed by atoms with van der Waals surface area (Å²) in [5.74, 6) is 0.475. The molecule has 0 N–H and O–H groups in total. The van der Waals surface area contributed by atoms with Gasteiger partial charge in [-0.15, -0.1) is 4.40 Å². The van der Waals surface area contributed by atoms with E-state index in [1.807, 2.05) is 21.9 Å². The van der Waals surface area contributed by atoms with Crippen LogP contribution in [0.2, 0.25) is 0 Å². The Hall–Kier alpha value is -2.94. The largest absolute Gasteiger partial charge is 0.368 e. The molecule has 9 heteroatoms. The monoisotopic (exact) mass is 425 g/mol. The lowest BCUT2D eigenvalue weighted by atomic mass is 10.1. The predicted octanol–water partition coefficient (Wildman–Crippen LogP) is 1.34. The highest BCUT2D eigenvalue weighted by molar-refractivity contribution is 7.90. The van der Waals surface area contributed by atoms with Crippen LogP contribution in [-0.2, 0) is 14.8 Å². The van der Waals surface area contributed by atoms with Crippen molar-refractivity contribution in [3.63, 3.8) is 0 Å². The van der Waals surface area contributed by atoms with Crippen molar-refractivity contribution in [2.45, 2.75) is 23.8 Å². The highest BCUT2D eigenvalue weighted by Gasteiger charge is 2.40. The summed E-state index contributed by atoms with van der Waals surface area (Å²) in [7, 11) is -3.69. The van der Waals surface area contributed by atoms with Gasteiger partial charge in [-0.3, -0.25) is 9.78 Å². The second-order valence-electron chi connectivity index (χ2n) is 7.76. The minimum Gasteiger partial charge on any atom is -0.368 e. The van der Waals surface area contributed by atoms with Gasteiger partial charge in [-0.1, -0.05) is 12.1 Å².